The van der Waals surface area contributed by atoms with Crippen molar-refractivity contribution in [1.82, 2.24) is 5.32 Å². The van der Waals surface area contributed by atoms with Gasteiger partial charge in [0.15, 0.2) is 0 Å². The van der Waals surface area contributed by atoms with Crippen molar-refractivity contribution in [2.45, 2.75) is 38.6 Å². The SMILES string of the molecule is Cc1ccc(S(=O)(=O)N(CC(=O)N[C@@H](C)C(C)C)c2ccccc2F)cc1. The predicted molar refractivity (Wildman–Crippen MR) is 105 cm³/mol. The Balaban J connectivity index is 2.43. The third-order valence-corrected chi connectivity index (χ3v) is 6.18. The van der Waals surface area contributed by atoms with Gasteiger partial charge in [0.1, 0.15) is 12.4 Å². The molecule has 2 aromatic rings. The second-order valence-corrected chi connectivity index (χ2v) is 8.74. The lowest BCUT2D eigenvalue weighted by Gasteiger charge is -2.26. The number of amides is 1. The number of para-hydroxylation sites is 1. The molecule has 0 aliphatic heterocycles. The van der Waals surface area contributed by atoms with Crippen molar-refractivity contribution >= 4 is 21.6 Å². The molecule has 0 saturated carbocycles. The van der Waals surface area contributed by atoms with Gasteiger partial charge in [0.05, 0.1) is 10.6 Å². The lowest BCUT2D eigenvalue weighted by molar-refractivity contribution is -0.120. The van der Waals surface area contributed by atoms with Crippen LogP contribution in [0.15, 0.2) is 53.4 Å². The number of aryl methyl sites for hydroxylation is 1. The second kappa shape index (κ2) is 8.52. The molecule has 1 amide bonds. The minimum atomic E-state index is -4.11. The first-order valence-electron chi connectivity index (χ1n) is 8.76. The van der Waals surface area contributed by atoms with E-state index in [1.807, 2.05) is 27.7 Å². The molecule has 0 saturated heterocycles. The minimum Gasteiger partial charge on any atom is -0.352 e. The van der Waals surface area contributed by atoms with Crippen LogP contribution in [-0.4, -0.2) is 26.9 Å². The molecular formula is C20H25FN2O3S. The maximum atomic E-state index is 14.4. The Kier molecular flexibility index (Phi) is 6.59. The number of nitrogens with zero attached hydrogens (tertiary/aromatic N) is 1. The third kappa shape index (κ3) is 5.07. The Morgan fingerprint density at radius 1 is 1.07 bits per heavy atom. The van der Waals surface area contributed by atoms with E-state index in [-0.39, 0.29) is 22.5 Å². The fraction of sp³-hybridized carbons (Fsp3) is 0.350. The molecule has 1 N–H and O–H groups in total. The van der Waals surface area contributed by atoms with Gasteiger partial charge in [-0.25, -0.2) is 12.8 Å². The molecular weight excluding hydrogens is 367 g/mol. The van der Waals surface area contributed by atoms with Crippen LogP contribution in [0.2, 0.25) is 0 Å². The smallest absolute Gasteiger partial charge is 0.264 e. The van der Waals surface area contributed by atoms with E-state index in [0.717, 1.165) is 9.87 Å². The molecule has 0 unspecified atom stereocenters. The molecule has 146 valence electrons. The summed E-state index contributed by atoms with van der Waals surface area (Å²) in [7, 11) is -4.11. The largest absolute Gasteiger partial charge is 0.352 e. The molecule has 7 heteroatoms. The number of nitrogens with one attached hydrogen (secondary N) is 1. The number of rotatable bonds is 7. The third-order valence-electron chi connectivity index (χ3n) is 4.41. The van der Waals surface area contributed by atoms with Crippen LogP contribution in [0, 0.1) is 18.7 Å². The summed E-state index contributed by atoms with van der Waals surface area (Å²) in [6.07, 6.45) is 0. The van der Waals surface area contributed by atoms with Crippen LogP contribution in [0.3, 0.4) is 0 Å². The Morgan fingerprint density at radius 2 is 1.67 bits per heavy atom. The summed E-state index contributed by atoms with van der Waals surface area (Å²) in [5.41, 5.74) is 0.736. The summed E-state index contributed by atoms with van der Waals surface area (Å²) >= 11 is 0. The topological polar surface area (TPSA) is 66.5 Å². The van der Waals surface area contributed by atoms with Gasteiger partial charge in [-0.1, -0.05) is 43.7 Å². The zero-order valence-corrected chi connectivity index (χ0v) is 16.8. The predicted octanol–water partition coefficient (Wildman–Crippen LogP) is 3.49. The first kappa shape index (κ1) is 20.9. The average molecular weight is 392 g/mol. The van der Waals surface area contributed by atoms with Crippen LogP contribution >= 0.6 is 0 Å². The Hall–Kier alpha value is -2.41. The molecule has 0 heterocycles. The van der Waals surface area contributed by atoms with Gasteiger partial charge < -0.3 is 5.32 Å². The molecule has 0 spiro atoms. The first-order chi connectivity index (χ1) is 12.6. The van der Waals surface area contributed by atoms with Gasteiger partial charge in [-0.05, 0) is 44.0 Å². The van der Waals surface area contributed by atoms with Crippen molar-refractivity contribution in [2.75, 3.05) is 10.8 Å². The van der Waals surface area contributed by atoms with Crippen LogP contribution in [0.25, 0.3) is 0 Å². The fourth-order valence-corrected chi connectivity index (χ4v) is 3.82. The lowest BCUT2D eigenvalue weighted by Crippen LogP contribution is -2.45. The number of carbonyl (C=O) groups is 1. The number of hydrogen-bond donors (Lipinski definition) is 1. The van der Waals surface area contributed by atoms with Gasteiger partial charge in [0.25, 0.3) is 10.0 Å². The maximum absolute atomic E-state index is 14.4. The van der Waals surface area contributed by atoms with E-state index in [1.165, 1.54) is 36.4 Å². The van der Waals surface area contributed by atoms with Crippen LogP contribution in [-0.2, 0) is 14.8 Å². The minimum absolute atomic E-state index is 0.000983. The number of hydrogen-bond acceptors (Lipinski definition) is 3. The van der Waals surface area contributed by atoms with Crippen LogP contribution in [0.4, 0.5) is 10.1 Å². The average Bonchev–Trinajstić information content (AvgIpc) is 2.60. The maximum Gasteiger partial charge on any atom is 0.264 e. The molecule has 1 atom stereocenters. The van der Waals surface area contributed by atoms with Gasteiger partial charge in [-0.15, -0.1) is 0 Å². The second-order valence-electron chi connectivity index (χ2n) is 6.88. The molecule has 0 fully saturated rings. The zero-order chi connectivity index (χ0) is 20.2. The van der Waals surface area contributed by atoms with E-state index < -0.39 is 28.3 Å². The molecule has 27 heavy (non-hydrogen) atoms. The molecule has 0 aliphatic rings. The van der Waals surface area contributed by atoms with Crippen LogP contribution < -0.4 is 9.62 Å². The standard InChI is InChI=1S/C20H25FN2O3S/c1-14(2)16(4)22-20(24)13-23(19-8-6-5-7-18(19)21)27(25,26)17-11-9-15(3)10-12-17/h5-12,14,16H,13H2,1-4H3,(H,22,24)/t16-/m0/s1. The van der Waals surface area contributed by atoms with Gasteiger partial charge in [0.2, 0.25) is 5.91 Å². The lowest BCUT2D eigenvalue weighted by atomic mass is 10.1. The molecule has 0 aromatic heterocycles. The highest BCUT2D eigenvalue weighted by molar-refractivity contribution is 7.92. The van der Waals surface area contributed by atoms with Crippen LogP contribution in [0.1, 0.15) is 26.3 Å². The highest BCUT2D eigenvalue weighted by Gasteiger charge is 2.29. The van der Waals surface area contributed by atoms with Crippen molar-refractivity contribution in [2.24, 2.45) is 5.92 Å². The Morgan fingerprint density at radius 3 is 2.22 bits per heavy atom. The van der Waals surface area contributed by atoms with Crippen LogP contribution in [0.5, 0.6) is 0 Å². The van der Waals surface area contributed by atoms with E-state index in [1.54, 1.807) is 12.1 Å². The van der Waals surface area contributed by atoms with E-state index >= 15 is 0 Å². The number of halogens is 1. The monoisotopic (exact) mass is 392 g/mol. The molecule has 2 rings (SSSR count). The zero-order valence-electron chi connectivity index (χ0n) is 15.9. The van der Waals surface area contributed by atoms with Crippen molar-refractivity contribution in [1.29, 1.82) is 0 Å². The van der Waals surface area contributed by atoms with Crippen molar-refractivity contribution < 1.29 is 17.6 Å². The summed E-state index contributed by atoms with van der Waals surface area (Å²) in [6, 6.07) is 11.6. The van der Waals surface area contributed by atoms with Gasteiger partial charge in [-0.2, -0.15) is 0 Å². The number of anilines is 1. The van der Waals surface area contributed by atoms with Gasteiger partial charge >= 0.3 is 0 Å². The van der Waals surface area contributed by atoms with E-state index in [4.69, 9.17) is 0 Å². The summed E-state index contributed by atoms with van der Waals surface area (Å²) < 4.78 is 41.4. The number of carbonyl (C=O) groups excluding carboxylic acids is 1. The molecule has 0 aliphatic carbocycles. The van der Waals surface area contributed by atoms with Gasteiger partial charge in [-0.3, -0.25) is 9.10 Å². The molecule has 2 aromatic carbocycles. The first-order valence-corrected chi connectivity index (χ1v) is 10.2. The molecule has 5 nitrogen and oxygen atoms in total. The highest BCUT2D eigenvalue weighted by atomic mass is 32.2. The number of benzene rings is 2. The summed E-state index contributed by atoms with van der Waals surface area (Å²) in [5.74, 6) is -1.02. The van der Waals surface area contributed by atoms with Crippen molar-refractivity contribution in [3.05, 3.63) is 59.9 Å². The van der Waals surface area contributed by atoms with Crippen molar-refractivity contribution in [3.63, 3.8) is 0 Å². The van der Waals surface area contributed by atoms with Gasteiger partial charge in [0, 0.05) is 6.04 Å². The van der Waals surface area contributed by atoms with Crippen molar-refractivity contribution in [3.8, 4) is 0 Å². The Labute approximate surface area is 160 Å². The summed E-state index contributed by atoms with van der Waals surface area (Å²) in [5, 5.41) is 2.76. The molecule has 0 bridgehead atoms. The summed E-state index contributed by atoms with van der Waals surface area (Å²) in [6.45, 7) is 7.07. The van der Waals surface area contributed by atoms with E-state index in [2.05, 4.69) is 5.32 Å². The quantitative estimate of drug-likeness (QED) is 0.784. The van der Waals surface area contributed by atoms with E-state index in [9.17, 15) is 17.6 Å². The summed E-state index contributed by atoms with van der Waals surface area (Å²) in [4.78, 5) is 12.4. The Bertz CT molecular complexity index is 896. The normalized spacial score (nSPS) is 12.7. The molecule has 0 radical (unpaired) electrons. The number of sulfonamides is 1. The fourth-order valence-electron chi connectivity index (χ4n) is 2.39. The van der Waals surface area contributed by atoms with E-state index in [0.29, 0.717) is 0 Å². The highest BCUT2D eigenvalue weighted by Crippen LogP contribution is 2.26.